The van der Waals surface area contributed by atoms with Gasteiger partial charge >= 0.3 is 0 Å². The maximum atomic E-state index is 5.18. The minimum Gasteiger partial charge on any atom is -0.497 e. The molecule has 1 unspecified atom stereocenters. The molecule has 2 aromatic carbocycles. The molecule has 1 aliphatic heterocycles. The predicted octanol–water partition coefficient (Wildman–Crippen LogP) is 3.45. The average molecular weight is 239 g/mol. The van der Waals surface area contributed by atoms with Gasteiger partial charge in [-0.3, -0.25) is 0 Å². The fourth-order valence-corrected chi connectivity index (χ4v) is 2.59. The van der Waals surface area contributed by atoms with Crippen molar-refractivity contribution in [3.63, 3.8) is 0 Å². The molecule has 1 heterocycles. The molecule has 0 saturated heterocycles. The molecular weight excluding hydrogens is 222 g/mol. The predicted molar refractivity (Wildman–Crippen MR) is 74.4 cm³/mol. The van der Waals surface area contributed by atoms with Crippen LogP contribution in [0.5, 0.6) is 5.75 Å². The lowest BCUT2D eigenvalue weighted by atomic mass is 9.94. The van der Waals surface area contributed by atoms with E-state index >= 15 is 0 Å². The lowest BCUT2D eigenvalue weighted by Gasteiger charge is -2.10. The third-order valence-corrected chi connectivity index (χ3v) is 3.58. The lowest BCUT2D eigenvalue weighted by Crippen LogP contribution is -2.05. The Kier molecular flexibility index (Phi) is 2.93. The van der Waals surface area contributed by atoms with Crippen molar-refractivity contribution in [1.29, 1.82) is 0 Å². The van der Waals surface area contributed by atoms with E-state index in [-0.39, 0.29) is 0 Å². The van der Waals surface area contributed by atoms with Crippen LogP contribution < -0.4 is 10.1 Å². The number of fused-ring (bicyclic) bond motifs is 1. The highest BCUT2D eigenvalue weighted by Gasteiger charge is 2.21. The van der Waals surface area contributed by atoms with Crippen LogP contribution in [0.25, 0.3) is 0 Å². The molecule has 0 bridgehead atoms. The molecule has 0 spiro atoms. The third kappa shape index (κ3) is 2.06. The fraction of sp³-hybridized carbons (Fsp3) is 0.250. The molecule has 3 rings (SSSR count). The van der Waals surface area contributed by atoms with Gasteiger partial charge in [-0.05, 0) is 35.7 Å². The van der Waals surface area contributed by atoms with Gasteiger partial charge in [0.15, 0.2) is 0 Å². The molecule has 2 nitrogen and oxygen atoms in total. The molecule has 0 aromatic heterocycles. The standard InChI is InChI=1S/C16H17NO/c1-18-14-8-6-12(7-9-14)10-13-11-17-16-5-3-2-4-15(13)16/h2-9,13,17H,10-11H2,1H3. The van der Waals surface area contributed by atoms with Crippen molar-refractivity contribution in [2.24, 2.45) is 0 Å². The Balaban J connectivity index is 1.77. The van der Waals surface area contributed by atoms with Crippen LogP contribution in [-0.4, -0.2) is 13.7 Å². The summed E-state index contributed by atoms with van der Waals surface area (Å²) in [4.78, 5) is 0. The number of ether oxygens (including phenoxy) is 1. The van der Waals surface area contributed by atoms with Crippen molar-refractivity contribution in [1.82, 2.24) is 0 Å². The molecule has 92 valence electrons. The minimum atomic E-state index is 0.578. The summed E-state index contributed by atoms with van der Waals surface area (Å²) in [7, 11) is 1.70. The number of methoxy groups -OCH3 is 1. The third-order valence-electron chi connectivity index (χ3n) is 3.58. The number of hydrogen-bond donors (Lipinski definition) is 1. The van der Waals surface area contributed by atoms with E-state index in [9.17, 15) is 0 Å². The highest BCUT2D eigenvalue weighted by atomic mass is 16.5. The first-order valence-electron chi connectivity index (χ1n) is 6.32. The van der Waals surface area contributed by atoms with Gasteiger partial charge in [-0.15, -0.1) is 0 Å². The van der Waals surface area contributed by atoms with Crippen LogP contribution in [0, 0.1) is 0 Å². The highest BCUT2D eigenvalue weighted by molar-refractivity contribution is 5.57. The second kappa shape index (κ2) is 4.73. The summed E-state index contributed by atoms with van der Waals surface area (Å²) in [5.74, 6) is 1.50. The molecule has 0 saturated carbocycles. The van der Waals surface area contributed by atoms with E-state index in [2.05, 4.69) is 41.7 Å². The molecule has 18 heavy (non-hydrogen) atoms. The highest BCUT2D eigenvalue weighted by Crippen LogP contribution is 2.33. The van der Waals surface area contributed by atoms with E-state index in [1.807, 2.05) is 12.1 Å². The second-order valence-corrected chi connectivity index (χ2v) is 4.72. The Morgan fingerprint density at radius 1 is 1.11 bits per heavy atom. The zero-order valence-corrected chi connectivity index (χ0v) is 10.5. The van der Waals surface area contributed by atoms with Gasteiger partial charge in [0.1, 0.15) is 5.75 Å². The quantitative estimate of drug-likeness (QED) is 0.885. The first-order chi connectivity index (χ1) is 8.86. The van der Waals surface area contributed by atoms with Gasteiger partial charge in [-0.1, -0.05) is 30.3 Å². The fourth-order valence-electron chi connectivity index (χ4n) is 2.59. The molecule has 2 aromatic rings. The summed E-state index contributed by atoms with van der Waals surface area (Å²) in [6.45, 7) is 1.03. The molecule has 0 amide bonds. The summed E-state index contributed by atoms with van der Waals surface area (Å²) in [6.07, 6.45) is 1.08. The Morgan fingerprint density at radius 2 is 1.89 bits per heavy atom. The van der Waals surface area contributed by atoms with Gasteiger partial charge < -0.3 is 10.1 Å². The van der Waals surface area contributed by atoms with Gasteiger partial charge in [-0.2, -0.15) is 0 Å². The van der Waals surface area contributed by atoms with Crippen molar-refractivity contribution in [2.75, 3.05) is 19.0 Å². The number of para-hydroxylation sites is 1. The summed E-state index contributed by atoms with van der Waals surface area (Å²) >= 11 is 0. The van der Waals surface area contributed by atoms with Crippen molar-refractivity contribution in [2.45, 2.75) is 12.3 Å². The van der Waals surface area contributed by atoms with Crippen LogP contribution in [0.3, 0.4) is 0 Å². The number of nitrogens with one attached hydrogen (secondary N) is 1. The Hall–Kier alpha value is -1.96. The largest absolute Gasteiger partial charge is 0.497 e. The zero-order chi connectivity index (χ0) is 12.4. The lowest BCUT2D eigenvalue weighted by molar-refractivity contribution is 0.414. The van der Waals surface area contributed by atoms with Crippen molar-refractivity contribution >= 4 is 5.69 Å². The molecule has 0 fully saturated rings. The number of hydrogen-bond acceptors (Lipinski definition) is 2. The van der Waals surface area contributed by atoms with Gasteiger partial charge in [-0.25, -0.2) is 0 Å². The second-order valence-electron chi connectivity index (χ2n) is 4.72. The van der Waals surface area contributed by atoms with Crippen molar-refractivity contribution < 1.29 is 4.74 Å². The van der Waals surface area contributed by atoms with E-state index in [4.69, 9.17) is 4.74 Å². The van der Waals surface area contributed by atoms with Gasteiger partial charge in [0.05, 0.1) is 7.11 Å². The van der Waals surface area contributed by atoms with Crippen LogP contribution in [0.1, 0.15) is 17.0 Å². The van der Waals surface area contributed by atoms with Crippen LogP contribution in [0.2, 0.25) is 0 Å². The topological polar surface area (TPSA) is 21.3 Å². The van der Waals surface area contributed by atoms with Gasteiger partial charge in [0.25, 0.3) is 0 Å². The maximum absolute atomic E-state index is 5.18. The summed E-state index contributed by atoms with van der Waals surface area (Å²) in [5.41, 5.74) is 4.09. The minimum absolute atomic E-state index is 0.578. The molecular formula is C16H17NO. The number of rotatable bonds is 3. The normalized spacial score (nSPS) is 17.1. The van der Waals surface area contributed by atoms with E-state index < -0.39 is 0 Å². The van der Waals surface area contributed by atoms with E-state index in [1.165, 1.54) is 16.8 Å². The summed E-state index contributed by atoms with van der Waals surface area (Å²) in [5, 5.41) is 3.47. The maximum Gasteiger partial charge on any atom is 0.118 e. The van der Waals surface area contributed by atoms with Crippen LogP contribution in [0.4, 0.5) is 5.69 Å². The summed E-state index contributed by atoms with van der Waals surface area (Å²) < 4.78 is 5.18. The van der Waals surface area contributed by atoms with Gasteiger partial charge in [0, 0.05) is 18.2 Å². The molecule has 0 aliphatic carbocycles. The first-order valence-corrected chi connectivity index (χ1v) is 6.32. The molecule has 0 radical (unpaired) electrons. The zero-order valence-electron chi connectivity index (χ0n) is 10.5. The number of benzene rings is 2. The Bertz CT molecular complexity index is 533. The van der Waals surface area contributed by atoms with E-state index in [1.54, 1.807) is 7.11 Å². The molecule has 1 aliphatic rings. The van der Waals surface area contributed by atoms with Crippen LogP contribution >= 0.6 is 0 Å². The molecule has 2 heteroatoms. The average Bonchev–Trinajstić information content (AvgIpc) is 2.83. The Morgan fingerprint density at radius 3 is 2.67 bits per heavy atom. The smallest absolute Gasteiger partial charge is 0.118 e. The summed E-state index contributed by atoms with van der Waals surface area (Å²) in [6, 6.07) is 17.0. The van der Waals surface area contributed by atoms with Gasteiger partial charge in [0.2, 0.25) is 0 Å². The van der Waals surface area contributed by atoms with E-state index in [0.29, 0.717) is 5.92 Å². The van der Waals surface area contributed by atoms with Crippen LogP contribution in [-0.2, 0) is 6.42 Å². The first kappa shape index (κ1) is 11.1. The number of anilines is 1. The van der Waals surface area contributed by atoms with E-state index in [0.717, 1.165) is 18.7 Å². The van der Waals surface area contributed by atoms with Crippen LogP contribution in [0.15, 0.2) is 48.5 Å². The monoisotopic (exact) mass is 239 g/mol. The Labute approximate surface area is 108 Å². The molecule has 1 atom stereocenters. The van der Waals surface area contributed by atoms with Crippen molar-refractivity contribution in [3.05, 3.63) is 59.7 Å². The molecule has 1 N–H and O–H groups in total. The van der Waals surface area contributed by atoms with Crippen molar-refractivity contribution in [3.8, 4) is 5.75 Å². The SMILES string of the molecule is COc1ccc(CC2CNc3ccccc32)cc1.